The maximum Gasteiger partial charge on any atom is 0.0795 e. The normalized spacial score (nSPS) is 44.8. The van der Waals surface area contributed by atoms with E-state index >= 15 is 0 Å². The van der Waals surface area contributed by atoms with E-state index in [1.54, 1.807) is 0 Å². The van der Waals surface area contributed by atoms with Gasteiger partial charge in [-0.3, -0.25) is 4.90 Å². The summed E-state index contributed by atoms with van der Waals surface area (Å²) in [7, 11) is 0. The minimum atomic E-state index is 0.217. The molecule has 0 aromatic rings. The highest BCUT2D eigenvalue weighted by Crippen LogP contribution is 2.40. The highest BCUT2D eigenvalue weighted by molar-refractivity contribution is 7.99. The molecule has 3 fully saturated rings. The Kier molecular flexibility index (Phi) is 4.42. The second kappa shape index (κ2) is 5.92. The lowest BCUT2D eigenvalue weighted by atomic mass is 9.85. The molecule has 3 rings (SSSR count). The SMILES string of the molecule is CCC1CN(C2CCOC3(CCSC3)C2)CCC1N. The number of ether oxygens (including phenoxy) is 1. The fourth-order valence-electron chi connectivity index (χ4n) is 4.02. The van der Waals surface area contributed by atoms with Gasteiger partial charge in [0.2, 0.25) is 0 Å². The average Bonchev–Trinajstić information content (AvgIpc) is 2.87. The van der Waals surface area contributed by atoms with E-state index < -0.39 is 0 Å². The summed E-state index contributed by atoms with van der Waals surface area (Å²) < 4.78 is 6.15. The van der Waals surface area contributed by atoms with E-state index in [-0.39, 0.29) is 5.60 Å². The molecule has 2 N–H and O–H groups in total. The van der Waals surface area contributed by atoms with Crippen molar-refractivity contribution in [2.75, 3.05) is 31.2 Å². The zero-order valence-corrected chi connectivity index (χ0v) is 13.0. The minimum absolute atomic E-state index is 0.217. The molecule has 0 aromatic heterocycles. The summed E-state index contributed by atoms with van der Waals surface area (Å²) in [5, 5.41) is 0. The topological polar surface area (TPSA) is 38.5 Å². The monoisotopic (exact) mass is 284 g/mol. The number of hydrogen-bond acceptors (Lipinski definition) is 4. The first-order chi connectivity index (χ1) is 9.22. The number of rotatable bonds is 2. The molecule has 0 amide bonds. The third-order valence-corrected chi connectivity index (χ3v) is 6.62. The Morgan fingerprint density at radius 2 is 2.32 bits per heavy atom. The van der Waals surface area contributed by atoms with Crippen molar-refractivity contribution in [3.05, 3.63) is 0 Å². The predicted molar refractivity (Wildman–Crippen MR) is 81.6 cm³/mol. The number of thioether (sulfide) groups is 1. The van der Waals surface area contributed by atoms with E-state index in [0.29, 0.717) is 12.0 Å². The first kappa shape index (κ1) is 14.2. The molecule has 3 aliphatic rings. The molecule has 0 aliphatic carbocycles. The fraction of sp³-hybridized carbons (Fsp3) is 1.00. The van der Waals surface area contributed by atoms with Crippen LogP contribution in [0.5, 0.6) is 0 Å². The van der Waals surface area contributed by atoms with Gasteiger partial charge in [0.1, 0.15) is 0 Å². The Morgan fingerprint density at radius 3 is 3.05 bits per heavy atom. The van der Waals surface area contributed by atoms with Crippen molar-refractivity contribution in [1.82, 2.24) is 4.90 Å². The van der Waals surface area contributed by atoms with Gasteiger partial charge in [0, 0.05) is 31.0 Å². The van der Waals surface area contributed by atoms with Crippen molar-refractivity contribution in [2.45, 2.75) is 56.7 Å². The molecule has 3 nitrogen and oxygen atoms in total. The summed E-state index contributed by atoms with van der Waals surface area (Å²) in [6.07, 6.45) is 6.14. The lowest BCUT2D eigenvalue weighted by Crippen LogP contribution is -2.55. The Balaban J connectivity index is 1.62. The predicted octanol–water partition coefficient (Wildman–Crippen LogP) is 2.10. The largest absolute Gasteiger partial charge is 0.374 e. The summed E-state index contributed by atoms with van der Waals surface area (Å²) in [5.41, 5.74) is 6.46. The van der Waals surface area contributed by atoms with E-state index in [1.807, 2.05) is 0 Å². The van der Waals surface area contributed by atoms with Gasteiger partial charge in [-0.2, -0.15) is 11.8 Å². The molecule has 4 heteroatoms. The Hall–Kier alpha value is 0.230. The maximum atomic E-state index is 6.24. The number of likely N-dealkylation sites (tertiary alicyclic amines) is 1. The Bertz CT molecular complexity index is 307. The van der Waals surface area contributed by atoms with Crippen molar-refractivity contribution < 1.29 is 4.74 Å². The molecular formula is C15H28N2OS. The smallest absolute Gasteiger partial charge is 0.0795 e. The number of piperidine rings is 1. The molecule has 1 spiro atoms. The second-order valence-electron chi connectivity index (χ2n) is 6.60. The lowest BCUT2D eigenvalue weighted by Gasteiger charge is -2.46. The summed E-state index contributed by atoms with van der Waals surface area (Å²) >= 11 is 2.07. The van der Waals surface area contributed by atoms with Gasteiger partial charge < -0.3 is 10.5 Å². The van der Waals surface area contributed by atoms with Crippen molar-refractivity contribution in [3.8, 4) is 0 Å². The van der Waals surface area contributed by atoms with Gasteiger partial charge in [0.05, 0.1) is 5.60 Å². The molecule has 19 heavy (non-hydrogen) atoms. The van der Waals surface area contributed by atoms with Crippen LogP contribution < -0.4 is 5.73 Å². The molecule has 0 saturated carbocycles. The van der Waals surface area contributed by atoms with Crippen LogP contribution >= 0.6 is 11.8 Å². The van der Waals surface area contributed by atoms with Gasteiger partial charge in [-0.1, -0.05) is 13.3 Å². The molecule has 0 aromatic carbocycles. The van der Waals surface area contributed by atoms with Crippen molar-refractivity contribution in [3.63, 3.8) is 0 Å². The van der Waals surface area contributed by atoms with Gasteiger partial charge in [-0.15, -0.1) is 0 Å². The average molecular weight is 284 g/mol. The highest BCUT2D eigenvalue weighted by Gasteiger charge is 2.42. The van der Waals surface area contributed by atoms with E-state index in [1.165, 1.54) is 56.7 Å². The molecule has 110 valence electrons. The molecular weight excluding hydrogens is 256 g/mol. The van der Waals surface area contributed by atoms with Crippen molar-refractivity contribution in [1.29, 1.82) is 0 Å². The number of hydrogen-bond donors (Lipinski definition) is 1. The molecule has 0 bridgehead atoms. The van der Waals surface area contributed by atoms with Gasteiger partial charge in [0.15, 0.2) is 0 Å². The van der Waals surface area contributed by atoms with Gasteiger partial charge in [0.25, 0.3) is 0 Å². The van der Waals surface area contributed by atoms with E-state index in [9.17, 15) is 0 Å². The standard InChI is InChI=1S/C15H28N2OS/c1-2-12-10-17(6-3-14(12)16)13-4-7-18-15(9-13)5-8-19-11-15/h12-14H,2-11,16H2,1H3. The Labute approximate surface area is 121 Å². The van der Waals surface area contributed by atoms with E-state index in [4.69, 9.17) is 10.5 Å². The van der Waals surface area contributed by atoms with Crippen LogP contribution in [-0.4, -0.2) is 53.8 Å². The second-order valence-corrected chi connectivity index (χ2v) is 7.70. The van der Waals surface area contributed by atoms with Crippen LogP contribution in [0.1, 0.15) is 39.0 Å². The van der Waals surface area contributed by atoms with Gasteiger partial charge in [-0.05, 0) is 43.9 Å². The molecule has 3 heterocycles. The quantitative estimate of drug-likeness (QED) is 0.843. The number of nitrogens with zero attached hydrogens (tertiary/aromatic N) is 1. The summed E-state index contributed by atoms with van der Waals surface area (Å²) in [6.45, 7) is 5.66. The van der Waals surface area contributed by atoms with Crippen LogP contribution in [0.2, 0.25) is 0 Å². The fourth-order valence-corrected chi connectivity index (χ4v) is 5.40. The first-order valence-electron chi connectivity index (χ1n) is 7.94. The highest BCUT2D eigenvalue weighted by atomic mass is 32.2. The van der Waals surface area contributed by atoms with Crippen LogP contribution in [0.3, 0.4) is 0 Å². The lowest BCUT2D eigenvalue weighted by molar-refractivity contribution is -0.0947. The molecule has 4 atom stereocenters. The molecule has 4 unspecified atom stereocenters. The van der Waals surface area contributed by atoms with Crippen molar-refractivity contribution in [2.24, 2.45) is 11.7 Å². The van der Waals surface area contributed by atoms with Crippen LogP contribution in [0.4, 0.5) is 0 Å². The minimum Gasteiger partial charge on any atom is -0.374 e. The van der Waals surface area contributed by atoms with E-state index in [2.05, 4.69) is 23.6 Å². The van der Waals surface area contributed by atoms with Crippen LogP contribution in [-0.2, 0) is 4.74 Å². The van der Waals surface area contributed by atoms with Crippen LogP contribution in [0.25, 0.3) is 0 Å². The molecule has 0 radical (unpaired) electrons. The van der Waals surface area contributed by atoms with Crippen molar-refractivity contribution >= 4 is 11.8 Å². The summed E-state index contributed by atoms with van der Waals surface area (Å²) in [5.74, 6) is 3.20. The van der Waals surface area contributed by atoms with Crippen LogP contribution in [0.15, 0.2) is 0 Å². The summed E-state index contributed by atoms with van der Waals surface area (Å²) in [4.78, 5) is 2.73. The van der Waals surface area contributed by atoms with Crippen LogP contribution in [0, 0.1) is 5.92 Å². The Morgan fingerprint density at radius 1 is 1.42 bits per heavy atom. The zero-order chi connectivity index (χ0) is 13.3. The van der Waals surface area contributed by atoms with Gasteiger partial charge in [-0.25, -0.2) is 0 Å². The maximum absolute atomic E-state index is 6.24. The third-order valence-electron chi connectivity index (χ3n) is 5.40. The third kappa shape index (κ3) is 2.97. The van der Waals surface area contributed by atoms with E-state index in [0.717, 1.165) is 12.6 Å². The molecule has 3 aliphatic heterocycles. The number of nitrogens with two attached hydrogens (primary N) is 1. The first-order valence-corrected chi connectivity index (χ1v) is 9.09. The molecule has 3 saturated heterocycles. The summed E-state index contributed by atoms with van der Waals surface area (Å²) in [6, 6.07) is 1.17. The zero-order valence-electron chi connectivity index (χ0n) is 12.1. The van der Waals surface area contributed by atoms with Gasteiger partial charge >= 0.3 is 0 Å².